The smallest absolute Gasteiger partial charge is 0.191 e. The topological polar surface area (TPSA) is 60.2 Å². The van der Waals surface area contributed by atoms with Crippen LogP contribution in [0.3, 0.4) is 0 Å². The molecule has 114 valence electrons. The number of thioether (sulfide) groups is 1. The Hall–Kier alpha value is -1.08. The minimum atomic E-state index is 0.0503. The van der Waals surface area contributed by atoms with Gasteiger partial charge in [-0.25, -0.2) is 0 Å². The normalized spacial score (nSPS) is 11.0. The molecule has 1 aromatic carbocycles. The van der Waals surface area contributed by atoms with Gasteiger partial charge in [-0.3, -0.25) is 0 Å². The van der Waals surface area contributed by atoms with E-state index in [-0.39, 0.29) is 6.61 Å². The highest BCUT2D eigenvalue weighted by Gasteiger charge is 2.13. The number of ether oxygens (including phenoxy) is 1. The van der Waals surface area contributed by atoms with Crippen LogP contribution in [-0.2, 0) is 11.3 Å². The van der Waals surface area contributed by atoms with E-state index in [0.717, 1.165) is 28.8 Å². The molecule has 0 atom stereocenters. The largest absolute Gasteiger partial charge is 0.394 e. The lowest BCUT2D eigenvalue weighted by Gasteiger charge is -2.07. The van der Waals surface area contributed by atoms with Crippen LogP contribution in [0.15, 0.2) is 29.4 Å². The second-order valence-corrected chi connectivity index (χ2v) is 5.74. The average molecular weight is 328 g/mol. The Morgan fingerprint density at radius 1 is 1.33 bits per heavy atom. The summed E-state index contributed by atoms with van der Waals surface area (Å²) in [5.41, 5.74) is 0.959. The van der Waals surface area contributed by atoms with Crippen molar-refractivity contribution in [3.63, 3.8) is 0 Å². The number of hydrogen-bond donors (Lipinski definition) is 1. The predicted octanol–water partition coefficient (Wildman–Crippen LogP) is 2.72. The fourth-order valence-corrected chi connectivity index (χ4v) is 2.92. The van der Waals surface area contributed by atoms with E-state index < -0.39 is 0 Å². The molecule has 0 saturated heterocycles. The van der Waals surface area contributed by atoms with Crippen molar-refractivity contribution in [2.75, 3.05) is 25.6 Å². The van der Waals surface area contributed by atoms with Gasteiger partial charge < -0.3 is 14.4 Å². The molecule has 0 unspecified atom stereocenters. The molecule has 0 amide bonds. The molecule has 0 fully saturated rings. The van der Waals surface area contributed by atoms with Crippen LogP contribution < -0.4 is 0 Å². The molecular formula is C14H18ClN3O2S. The Balaban J connectivity index is 2.07. The van der Waals surface area contributed by atoms with E-state index in [1.807, 2.05) is 24.3 Å². The van der Waals surface area contributed by atoms with Gasteiger partial charge in [0.05, 0.1) is 19.8 Å². The lowest BCUT2D eigenvalue weighted by molar-refractivity contribution is 0.103. The SMILES string of the molecule is CCn1c(SCCOCCO)nnc1-c1cccc(Cl)c1. The minimum Gasteiger partial charge on any atom is -0.394 e. The van der Waals surface area contributed by atoms with E-state index >= 15 is 0 Å². The molecule has 0 spiro atoms. The van der Waals surface area contributed by atoms with Crippen molar-refractivity contribution >= 4 is 23.4 Å². The summed E-state index contributed by atoms with van der Waals surface area (Å²) in [6.07, 6.45) is 0. The van der Waals surface area contributed by atoms with E-state index in [4.69, 9.17) is 21.4 Å². The van der Waals surface area contributed by atoms with Crippen molar-refractivity contribution in [1.82, 2.24) is 14.8 Å². The molecule has 1 aromatic heterocycles. The molecule has 0 radical (unpaired) electrons. The number of hydrogen-bond acceptors (Lipinski definition) is 5. The number of aromatic nitrogens is 3. The number of aliphatic hydroxyl groups excluding tert-OH is 1. The van der Waals surface area contributed by atoms with Gasteiger partial charge in [-0.05, 0) is 19.1 Å². The molecule has 0 saturated carbocycles. The van der Waals surface area contributed by atoms with Gasteiger partial charge in [0.1, 0.15) is 0 Å². The summed E-state index contributed by atoms with van der Waals surface area (Å²) < 4.78 is 7.30. The molecule has 2 aromatic rings. The lowest BCUT2D eigenvalue weighted by atomic mass is 10.2. The molecule has 2 rings (SSSR count). The number of rotatable bonds is 8. The summed E-state index contributed by atoms with van der Waals surface area (Å²) in [6, 6.07) is 7.60. The lowest BCUT2D eigenvalue weighted by Crippen LogP contribution is -2.04. The van der Waals surface area contributed by atoms with Crippen LogP contribution in [0.1, 0.15) is 6.92 Å². The van der Waals surface area contributed by atoms with Gasteiger partial charge in [0, 0.05) is 22.9 Å². The molecule has 5 nitrogen and oxygen atoms in total. The maximum atomic E-state index is 8.65. The van der Waals surface area contributed by atoms with E-state index in [9.17, 15) is 0 Å². The van der Waals surface area contributed by atoms with Crippen molar-refractivity contribution in [2.24, 2.45) is 0 Å². The zero-order valence-electron chi connectivity index (χ0n) is 11.8. The molecule has 1 N–H and O–H groups in total. The zero-order valence-corrected chi connectivity index (χ0v) is 13.4. The van der Waals surface area contributed by atoms with Gasteiger partial charge in [0.25, 0.3) is 0 Å². The Bertz CT molecular complexity index is 577. The zero-order chi connectivity index (χ0) is 15.1. The van der Waals surface area contributed by atoms with Crippen LogP contribution in [-0.4, -0.2) is 45.4 Å². The summed E-state index contributed by atoms with van der Waals surface area (Å²) in [6.45, 7) is 3.84. The van der Waals surface area contributed by atoms with Crippen LogP contribution in [0.4, 0.5) is 0 Å². The second kappa shape index (κ2) is 8.38. The molecule has 7 heteroatoms. The van der Waals surface area contributed by atoms with Crippen molar-refractivity contribution < 1.29 is 9.84 Å². The minimum absolute atomic E-state index is 0.0503. The molecule has 0 aliphatic carbocycles. The van der Waals surface area contributed by atoms with Crippen LogP contribution >= 0.6 is 23.4 Å². The monoisotopic (exact) mass is 327 g/mol. The molecular weight excluding hydrogens is 310 g/mol. The molecule has 0 aliphatic heterocycles. The van der Waals surface area contributed by atoms with E-state index in [0.29, 0.717) is 18.2 Å². The fraction of sp³-hybridized carbons (Fsp3) is 0.429. The number of nitrogens with zero attached hydrogens (tertiary/aromatic N) is 3. The predicted molar refractivity (Wildman–Crippen MR) is 84.8 cm³/mol. The maximum Gasteiger partial charge on any atom is 0.191 e. The Kier molecular flexibility index (Phi) is 6.50. The van der Waals surface area contributed by atoms with Crippen molar-refractivity contribution in [2.45, 2.75) is 18.6 Å². The van der Waals surface area contributed by atoms with E-state index in [1.165, 1.54) is 0 Å². The quantitative estimate of drug-likeness (QED) is 0.596. The third-order valence-corrected chi connectivity index (χ3v) is 3.98. The van der Waals surface area contributed by atoms with Crippen molar-refractivity contribution in [3.05, 3.63) is 29.3 Å². The Morgan fingerprint density at radius 3 is 2.90 bits per heavy atom. The van der Waals surface area contributed by atoms with Crippen molar-refractivity contribution in [1.29, 1.82) is 0 Å². The van der Waals surface area contributed by atoms with Gasteiger partial charge in [0.2, 0.25) is 0 Å². The summed E-state index contributed by atoms with van der Waals surface area (Å²) in [5, 5.41) is 18.7. The van der Waals surface area contributed by atoms with Gasteiger partial charge in [-0.2, -0.15) is 0 Å². The van der Waals surface area contributed by atoms with Crippen LogP contribution in [0.25, 0.3) is 11.4 Å². The van der Waals surface area contributed by atoms with Crippen LogP contribution in [0.5, 0.6) is 0 Å². The highest BCUT2D eigenvalue weighted by atomic mass is 35.5. The Labute approximate surface area is 133 Å². The van der Waals surface area contributed by atoms with Gasteiger partial charge in [-0.15, -0.1) is 10.2 Å². The third-order valence-electron chi connectivity index (χ3n) is 2.81. The standard InChI is InChI=1S/C14H18ClN3O2S/c1-2-18-13(11-4-3-5-12(15)10-11)16-17-14(18)21-9-8-20-7-6-19/h3-5,10,19H,2,6-9H2,1H3. The van der Waals surface area contributed by atoms with E-state index in [1.54, 1.807) is 11.8 Å². The molecule has 21 heavy (non-hydrogen) atoms. The van der Waals surface area contributed by atoms with Gasteiger partial charge >= 0.3 is 0 Å². The van der Waals surface area contributed by atoms with Gasteiger partial charge in [-0.1, -0.05) is 35.5 Å². The fourth-order valence-electron chi connectivity index (χ4n) is 1.88. The van der Waals surface area contributed by atoms with Gasteiger partial charge in [0.15, 0.2) is 11.0 Å². The first kappa shape index (κ1) is 16.3. The molecule has 0 bridgehead atoms. The Morgan fingerprint density at radius 2 is 2.19 bits per heavy atom. The summed E-state index contributed by atoms with van der Waals surface area (Å²) in [4.78, 5) is 0. The number of benzene rings is 1. The first-order chi connectivity index (χ1) is 10.3. The summed E-state index contributed by atoms with van der Waals surface area (Å²) in [5.74, 6) is 1.59. The van der Waals surface area contributed by atoms with Crippen LogP contribution in [0.2, 0.25) is 5.02 Å². The average Bonchev–Trinajstić information content (AvgIpc) is 2.90. The highest BCUT2D eigenvalue weighted by molar-refractivity contribution is 7.99. The second-order valence-electron chi connectivity index (χ2n) is 4.25. The highest BCUT2D eigenvalue weighted by Crippen LogP contribution is 2.25. The maximum absolute atomic E-state index is 8.65. The first-order valence-corrected chi connectivity index (χ1v) is 8.13. The summed E-state index contributed by atoms with van der Waals surface area (Å²) >= 11 is 7.62. The number of aliphatic hydroxyl groups is 1. The first-order valence-electron chi connectivity index (χ1n) is 6.76. The van der Waals surface area contributed by atoms with E-state index in [2.05, 4.69) is 21.7 Å². The summed E-state index contributed by atoms with van der Waals surface area (Å²) in [7, 11) is 0. The van der Waals surface area contributed by atoms with Crippen LogP contribution in [0, 0.1) is 0 Å². The molecule has 1 heterocycles. The number of halogens is 1. The van der Waals surface area contributed by atoms with Crippen molar-refractivity contribution in [3.8, 4) is 11.4 Å². The molecule has 0 aliphatic rings. The third kappa shape index (κ3) is 4.44.